The van der Waals surface area contributed by atoms with E-state index in [1.807, 2.05) is 44.2 Å². The minimum Gasteiger partial charge on any atom is -0.299 e. The first-order chi connectivity index (χ1) is 13.5. The molecule has 1 N–H and O–H groups in total. The molecule has 4 rings (SSSR count). The fourth-order valence-corrected chi connectivity index (χ4v) is 4.28. The number of nitrogens with zero attached hydrogens (tertiary/aromatic N) is 5. The molecule has 4 aromatic rings. The number of aromatic nitrogens is 5. The molecule has 3 heterocycles. The van der Waals surface area contributed by atoms with E-state index in [1.54, 1.807) is 6.07 Å². The van der Waals surface area contributed by atoms with E-state index in [4.69, 9.17) is 0 Å². The molecule has 0 fully saturated rings. The second-order valence-corrected chi connectivity index (χ2v) is 8.44. The van der Waals surface area contributed by atoms with Crippen LogP contribution in [-0.4, -0.2) is 31.1 Å². The normalized spacial score (nSPS) is 11.2. The van der Waals surface area contributed by atoms with Gasteiger partial charge in [0.15, 0.2) is 4.83 Å². The average molecular weight is 413 g/mol. The highest BCUT2D eigenvalue weighted by molar-refractivity contribution is 7.21. The van der Waals surface area contributed by atoms with E-state index in [1.165, 1.54) is 22.7 Å². The van der Waals surface area contributed by atoms with Crippen molar-refractivity contribution in [2.75, 3.05) is 5.32 Å². The lowest BCUT2D eigenvalue weighted by atomic mass is 10.2. The Balaban J connectivity index is 1.56. The zero-order valence-electron chi connectivity index (χ0n) is 15.1. The molecule has 0 radical (unpaired) electrons. The number of thiophene rings is 1. The fraction of sp³-hybridized carbons (Fsp3) is 0.222. The zero-order chi connectivity index (χ0) is 19.7. The number of amides is 1. The molecular weight excluding hydrogens is 396 g/mol. The first-order valence-corrected chi connectivity index (χ1v) is 10.2. The molecule has 0 saturated carbocycles. The van der Waals surface area contributed by atoms with Gasteiger partial charge >= 0.3 is 0 Å². The van der Waals surface area contributed by atoms with E-state index < -0.39 is 5.91 Å². The summed E-state index contributed by atoms with van der Waals surface area (Å²) in [4.78, 5) is 26.5. The number of hydrogen-bond acceptors (Lipinski definition) is 8. The second kappa shape index (κ2) is 7.56. The zero-order valence-corrected chi connectivity index (χ0v) is 16.8. The van der Waals surface area contributed by atoms with Gasteiger partial charge in [0.25, 0.3) is 5.56 Å². The van der Waals surface area contributed by atoms with E-state index >= 15 is 0 Å². The summed E-state index contributed by atoms with van der Waals surface area (Å²) in [5.74, 6) is -0.169. The monoisotopic (exact) mass is 412 g/mol. The Bertz CT molecular complexity index is 1200. The van der Waals surface area contributed by atoms with Gasteiger partial charge < -0.3 is 0 Å². The molecule has 1 amide bonds. The first kappa shape index (κ1) is 18.4. The lowest BCUT2D eigenvalue weighted by Crippen LogP contribution is -2.30. The number of anilines is 1. The van der Waals surface area contributed by atoms with E-state index in [0.29, 0.717) is 15.3 Å². The van der Waals surface area contributed by atoms with Crippen LogP contribution in [0.1, 0.15) is 24.8 Å². The largest absolute Gasteiger partial charge is 0.299 e. The maximum Gasteiger partial charge on any atom is 0.279 e. The van der Waals surface area contributed by atoms with Crippen LogP contribution in [0.5, 0.6) is 0 Å². The van der Waals surface area contributed by atoms with Gasteiger partial charge in [0.2, 0.25) is 11.0 Å². The summed E-state index contributed by atoms with van der Waals surface area (Å²) in [6.45, 7) is 3.76. The number of hydrogen-bond donors (Lipinski definition) is 1. The van der Waals surface area contributed by atoms with Crippen LogP contribution in [-0.2, 0) is 11.3 Å². The van der Waals surface area contributed by atoms with Crippen molar-refractivity contribution in [3.8, 4) is 10.4 Å². The minimum absolute atomic E-state index is 0.233. The maximum atomic E-state index is 12.7. The second-order valence-electron chi connectivity index (χ2n) is 6.40. The van der Waals surface area contributed by atoms with Gasteiger partial charge in [-0.25, -0.2) is 4.68 Å². The number of benzene rings is 1. The SMILES string of the molecule is CC(C)c1nnc(NC(=O)Cn2nnc3sc(-c4ccccc4)cc3c2=O)s1. The molecule has 0 spiro atoms. The molecule has 10 heteroatoms. The summed E-state index contributed by atoms with van der Waals surface area (Å²) in [6, 6.07) is 11.5. The third kappa shape index (κ3) is 3.69. The molecule has 0 aliphatic carbocycles. The first-order valence-electron chi connectivity index (χ1n) is 8.57. The van der Waals surface area contributed by atoms with Crippen LogP contribution in [0.2, 0.25) is 0 Å². The molecule has 28 heavy (non-hydrogen) atoms. The summed E-state index contributed by atoms with van der Waals surface area (Å²) in [7, 11) is 0. The van der Waals surface area contributed by atoms with Crippen LogP contribution < -0.4 is 10.9 Å². The van der Waals surface area contributed by atoms with Gasteiger partial charge in [-0.1, -0.05) is 60.7 Å². The average Bonchev–Trinajstić information content (AvgIpc) is 3.32. The summed E-state index contributed by atoms with van der Waals surface area (Å²) in [5, 5.41) is 20.3. The van der Waals surface area contributed by atoms with Crippen molar-refractivity contribution in [1.82, 2.24) is 25.2 Å². The van der Waals surface area contributed by atoms with Crippen molar-refractivity contribution < 1.29 is 4.79 Å². The van der Waals surface area contributed by atoms with Crippen molar-refractivity contribution in [2.24, 2.45) is 0 Å². The van der Waals surface area contributed by atoms with E-state index in [0.717, 1.165) is 20.1 Å². The lowest BCUT2D eigenvalue weighted by molar-refractivity contribution is -0.117. The van der Waals surface area contributed by atoms with Crippen LogP contribution >= 0.6 is 22.7 Å². The summed E-state index contributed by atoms with van der Waals surface area (Å²) >= 11 is 2.71. The van der Waals surface area contributed by atoms with Crippen molar-refractivity contribution in [3.63, 3.8) is 0 Å². The number of nitrogens with one attached hydrogen (secondary N) is 1. The molecule has 142 valence electrons. The van der Waals surface area contributed by atoms with E-state index in [9.17, 15) is 9.59 Å². The summed E-state index contributed by atoms with van der Waals surface area (Å²) in [5.41, 5.74) is 0.658. The predicted octanol–water partition coefficient (Wildman–Crippen LogP) is 3.13. The van der Waals surface area contributed by atoms with Crippen molar-refractivity contribution in [2.45, 2.75) is 26.3 Å². The molecule has 1 aromatic carbocycles. The van der Waals surface area contributed by atoms with E-state index in [-0.39, 0.29) is 18.0 Å². The van der Waals surface area contributed by atoms with Crippen molar-refractivity contribution >= 4 is 43.9 Å². The van der Waals surface area contributed by atoms with Gasteiger partial charge in [0, 0.05) is 10.8 Å². The van der Waals surface area contributed by atoms with Gasteiger partial charge in [-0.2, -0.15) is 0 Å². The Morgan fingerprint density at radius 3 is 2.64 bits per heavy atom. The third-order valence-corrected chi connectivity index (χ3v) is 6.16. The van der Waals surface area contributed by atoms with Gasteiger partial charge in [-0.15, -0.1) is 26.6 Å². The number of rotatable bonds is 5. The Hall–Kier alpha value is -2.98. The molecular formula is C18H16N6O2S2. The molecule has 0 aliphatic rings. The highest BCUT2D eigenvalue weighted by Gasteiger charge is 2.15. The standard InChI is InChI=1S/C18H16N6O2S2/c1-10(2)15-20-22-18(28-15)19-14(25)9-24-17(26)12-8-13(27-16(12)21-23-24)11-6-4-3-5-7-11/h3-8,10H,9H2,1-2H3,(H,19,22,25). The minimum atomic E-state index is -0.402. The molecule has 3 aromatic heterocycles. The van der Waals surface area contributed by atoms with Crippen molar-refractivity contribution in [3.05, 3.63) is 51.8 Å². The number of carbonyl (C=O) groups excluding carboxylic acids is 1. The van der Waals surface area contributed by atoms with Crippen molar-refractivity contribution in [1.29, 1.82) is 0 Å². The molecule has 8 nitrogen and oxygen atoms in total. The highest BCUT2D eigenvalue weighted by Crippen LogP contribution is 2.30. The predicted molar refractivity (Wildman–Crippen MR) is 110 cm³/mol. The lowest BCUT2D eigenvalue weighted by Gasteiger charge is -2.02. The fourth-order valence-electron chi connectivity index (χ4n) is 2.54. The number of carbonyl (C=O) groups is 1. The summed E-state index contributed by atoms with van der Waals surface area (Å²) in [6.07, 6.45) is 0. The van der Waals surface area contributed by atoms with Crippen LogP contribution in [0.3, 0.4) is 0 Å². The Morgan fingerprint density at radius 2 is 1.93 bits per heavy atom. The van der Waals surface area contributed by atoms with Crippen LogP contribution in [0.25, 0.3) is 20.7 Å². The van der Waals surface area contributed by atoms with E-state index in [2.05, 4.69) is 25.8 Å². The molecule has 0 bridgehead atoms. The van der Waals surface area contributed by atoms with Gasteiger partial charge in [0.05, 0.1) is 5.39 Å². The van der Waals surface area contributed by atoms with Crippen LogP contribution in [0.4, 0.5) is 5.13 Å². The molecule has 0 saturated heterocycles. The Kier molecular flexibility index (Phi) is 4.97. The number of fused-ring (bicyclic) bond motifs is 1. The van der Waals surface area contributed by atoms with Gasteiger partial charge in [-0.05, 0) is 11.6 Å². The van der Waals surface area contributed by atoms with Gasteiger partial charge in [0.1, 0.15) is 11.6 Å². The van der Waals surface area contributed by atoms with Crippen LogP contribution in [0, 0.1) is 0 Å². The molecule has 0 atom stereocenters. The quantitative estimate of drug-likeness (QED) is 0.540. The van der Waals surface area contributed by atoms with Crippen LogP contribution in [0.15, 0.2) is 41.2 Å². The Morgan fingerprint density at radius 1 is 1.14 bits per heavy atom. The summed E-state index contributed by atoms with van der Waals surface area (Å²) < 4.78 is 1.06. The smallest absolute Gasteiger partial charge is 0.279 e. The van der Waals surface area contributed by atoms with Gasteiger partial charge in [-0.3, -0.25) is 14.9 Å². The maximum absolute atomic E-state index is 12.7. The highest BCUT2D eigenvalue weighted by atomic mass is 32.1. The topological polar surface area (TPSA) is 103 Å². The molecule has 0 unspecified atom stereocenters. The molecule has 0 aliphatic heterocycles. The third-order valence-electron chi connectivity index (χ3n) is 3.95. The Labute approximate surface area is 167 Å².